The fourth-order valence-corrected chi connectivity index (χ4v) is 3.79. The summed E-state index contributed by atoms with van der Waals surface area (Å²) >= 11 is 0. The van der Waals surface area contributed by atoms with Crippen molar-refractivity contribution in [2.45, 2.75) is 51.2 Å². The topological polar surface area (TPSA) is 71.0 Å². The van der Waals surface area contributed by atoms with Crippen LogP contribution in [0.15, 0.2) is 23.3 Å². The quantitative estimate of drug-likeness (QED) is 0.239. The maximum absolute atomic E-state index is 5.99. The third-order valence-electron chi connectivity index (χ3n) is 5.37. The molecule has 1 aliphatic carbocycles. The van der Waals surface area contributed by atoms with E-state index >= 15 is 0 Å². The van der Waals surface area contributed by atoms with E-state index < -0.39 is 0 Å². The van der Waals surface area contributed by atoms with Crippen molar-refractivity contribution in [1.29, 1.82) is 0 Å². The van der Waals surface area contributed by atoms with E-state index in [4.69, 9.17) is 9.47 Å². The molecule has 1 saturated heterocycles. The zero-order chi connectivity index (χ0) is 19.4. The van der Waals surface area contributed by atoms with E-state index in [1.165, 1.54) is 37.7 Å². The molecule has 8 heteroatoms. The smallest absolute Gasteiger partial charge is 0.191 e. The van der Waals surface area contributed by atoms with Crippen LogP contribution >= 0.6 is 24.0 Å². The van der Waals surface area contributed by atoms with Crippen LogP contribution in [0.25, 0.3) is 0 Å². The Kier molecular flexibility index (Phi) is 11.6. The molecule has 2 aliphatic rings. The van der Waals surface area contributed by atoms with Gasteiger partial charge in [-0.25, -0.2) is 4.98 Å². The van der Waals surface area contributed by atoms with Crippen LogP contribution in [-0.4, -0.2) is 63.6 Å². The molecule has 0 unspecified atom stereocenters. The molecule has 7 nitrogen and oxygen atoms in total. The molecule has 1 saturated carbocycles. The summed E-state index contributed by atoms with van der Waals surface area (Å²) in [5.74, 6) is 1.85. The predicted octanol–water partition coefficient (Wildman–Crippen LogP) is 2.94. The first-order valence-electron chi connectivity index (χ1n) is 10.7. The molecule has 2 fully saturated rings. The normalized spacial score (nSPS) is 18.2. The van der Waals surface area contributed by atoms with E-state index in [2.05, 4.69) is 31.6 Å². The van der Waals surface area contributed by atoms with Crippen molar-refractivity contribution in [2.24, 2.45) is 4.99 Å². The Morgan fingerprint density at radius 2 is 2.03 bits per heavy atom. The number of aliphatic imine (C=N–C) groups is 1. The summed E-state index contributed by atoms with van der Waals surface area (Å²) in [6.45, 7) is 5.66. The molecule has 1 aromatic heterocycles. The summed E-state index contributed by atoms with van der Waals surface area (Å²) in [4.78, 5) is 11.2. The summed E-state index contributed by atoms with van der Waals surface area (Å²) in [5, 5.41) is 6.79. The zero-order valence-corrected chi connectivity index (χ0v) is 19.9. The van der Waals surface area contributed by atoms with Gasteiger partial charge in [0.05, 0.1) is 19.3 Å². The van der Waals surface area contributed by atoms with Gasteiger partial charge in [-0.2, -0.15) is 0 Å². The number of halogens is 1. The van der Waals surface area contributed by atoms with Crippen LogP contribution in [0.4, 0.5) is 5.82 Å². The standard InChI is InChI=1S/C21H35N5O2.HI/c1-22-21(24-11-6-14-28-19-8-3-2-4-9-19)25-17-18-7-5-10-23-20(18)26-12-15-27-16-13-26;/h5,7,10,19H,2-4,6,8-9,11-17H2,1H3,(H2,22,24,25);1H. The van der Waals surface area contributed by atoms with Crippen LogP contribution < -0.4 is 15.5 Å². The SMILES string of the molecule is CN=C(NCCCOC1CCCCC1)NCc1cccnc1N1CCOCC1.I. The van der Waals surface area contributed by atoms with E-state index in [1.807, 2.05) is 12.3 Å². The predicted molar refractivity (Wildman–Crippen MR) is 128 cm³/mol. The first kappa shape index (κ1) is 24.1. The number of rotatable bonds is 8. The van der Waals surface area contributed by atoms with Crippen LogP contribution in [0.5, 0.6) is 0 Å². The first-order chi connectivity index (χ1) is 13.9. The molecule has 29 heavy (non-hydrogen) atoms. The maximum atomic E-state index is 5.99. The van der Waals surface area contributed by atoms with Gasteiger partial charge in [0, 0.05) is 51.6 Å². The maximum Gasteiger partial charge on any atom is 0.191 e. The zero-order valence-electron chi connectivity index (χ0n) is 17.6. The Morgan fingerprint density at radius 1 is 1.24 bits per heavy atom. The van der Waals surface area contributed by atoms with Gasteiger partial charge in [-0.15, -0.1) is 24.0 Å². The largest absolute Gasteiger partial charge is 0.378 e. The van der Waals surface area contributed by atoms with E-state index in [1.54, 1.807) is 7.05 Å². The highest BCUT2D eigenvalue weighted by molar-refractivity contribution is 14.0. The lowest BCUT2D eigenvalue weighted by atomic mass is 9.98. The highest BCUT2D eigenvalue weighted by Crippen LogP contribution is 2.20. The number of nitrogens with one attached hydrogen (secondary N) is 2. The number of hydrogen-bond acceptors (Lipinski definition) is 5. The number of hydrogen-bond donors (Lipinski definition) is 2. The summed E-state index contributed by atoms with van der Waals surface area (Å²) in [5.41, 5.74) is 1.17. The average molecular weight is 517 g/mol. The Balaban J connectivity index is 0.00000300. The highest BCUT2D eigenvalue weighted by atomic mass is 127. The third-order valence-corrected chi connectivity index (χ3v) is 5.37. The van der Waals surface area contributed by atoms with Crippen molar-refractivity contribution in [1.82, 2.24) is 15.6 Å². The van der Waals surface area contributed by atoms with Crippen molar-refractivity contribution in [2.75, 3.05) is 51.4 Å². The Labute approximate surface area is 192 Å². The van der Waals surface area contributed by atoms with Gasteiger partial charge in [0.25, 0.3) is 0 Å². The van der Waals surface area contributed by atoms with E-state index in [0.29, 0.717) is 12.6 Å². The molecule has 0 spiro atoms. The summed E-state index contributed by atoms with van der Waals surface area (Å²) in [6, 6.07) is 4.11. The molecule has 0 aromatic carbocycles. The summed E-state index contributed by atoms with van der Waals surface area (Å²) in [6.07, 6.45) is 9.79. The highest BCUT2D eigenvalue weighted by Gasteiger charge is 2.16. The van der Waals surface area contributed by atoms with Gasteiger partial charge in [0.1, 0.15) is 5.82 Å². The average Bonchev–Trinajstić information content (AvgIpc) is 2.77. The second kappa shape index (κ2) is 14.0. The molecule has 164 valence electrons. The fraction of sp³-hybridized carbons (Fsp3) is 0.714. The summed E-state index contributed by atoms with van der Waals surface area (Å²) in [7, 11) is 1.81. The van der Waals surface area contributed by atoms with Crippen LogP contribution in [0.3, 0.4) is 0 Å². The van der Waals surface area contributed by atoms with Gasteiger partial charge in [0.2, 0.25) is 0 Å². The molecule has 0 radical (unpaired) electrons. The molecule has 1 aliphatic heterocycles. The second-order valence-electron chi connectivity index (χ2n) is 7.42. The monoisotopic (exact) mass is 517 g/mol. The summed E-state index contributed by atoms with van der Waals surface area (Å²) < 4.78 is 11.4. The van der Waals surface area contributed by atoms with Crippen molar-refractivity contribution >= 4 is 35.8 Å². The molecule has 0 amide bonds. The lowest BCUT2D eigenvalue weighted by Crippen LogP contribution is -2.39. The molecule has 2 heterocycles. The van der Waals surface area contributed by atoms with Crippen LogP contribution in [0, 0.1) is 0 Å². The minimum absolute atomic E-state index is 0. The van der Waals surface area contributed by atoms with Crippen LogP contribution in [-0.2, 0) is 16.0 Å². The molecule has 0 atom stereocenters. The Hall–Kier alpha value is -1.13. The van der Waals surface area contributed by atoms with E-state index in [9.17, 15) is 0 Å². The Morgan fingerprint density at radius 3 is 2.79 bits per heavy atom. The van der Waals surface area contributed by atoms with Crippen molar-refractivity contribution in [3.8, 4) is 0 Å². The van der Waals surface area contributed by atoms with Gasteiger partial charge < -0.3 is 25.0 Å². The lowest BCUT2D eigenvalue weighted by Gasteiger charge is -2.29. The number of morpholine rings is 1. The molecule has 0 bridgehead atoms. The fourth-order valence-electron chi connectivity index (χ4n) is 3.79. The van der Waals surface area contributed by atoms with Gasteiger partial charge in [-0.05, 0) is 25.3 Å². The van der Waals surface area contributed by atoms with Crippen LogP contribution in [0.1, 0.15) is 44.1 Å². The molecule has 3 rings (SSSR count). The third kappa shape index (κ3) is 8.25. The van der Waals surface area contributed by atoms with Gasteiger partial charge in [-0.3, -0.25) is 4.99 Å². The number of pyridine rings is 1. The molecular weight excluding hydrogens is 481 g/mol. The number of guanidine groups is 1. The van der Waals surface area contributed by atoms with Gasteiger partial charge in [0.15, 0.2) is 5.96 Å². The van der Waals surface area contributed by atoms with Gasteiger partial charge >= 0.3 is 0 Å². The van der Waals surface area contributed by atoms with Crippen molar-refractivity contribution in [3.05, 3.63) is 23.9 Å². The minimum atomic E-state index is 0. The van der Waals surface area contributed by atoms with E-state index in [-0.39, 0.29) is 24.0 Å². The van der Waals surface area contributed by atoms with Gasteiger partial charge in [-0.1, -0.05) is 25.3 Å². The number of nitrogens with zero attached hydrogens (tertiary/aromatic N) is 3. The van der Waals surface area contributed by atoms with Crippen molar-refractivity contribution < 1.29 is 9.47 Å². The van der Waals surface area contributed by atoms with E-state index in [0.717, 1.165) is 57.7 Å². The van der Waals surface area contributed by atoms with Crippen LogP contribution in [0.2, 0.25) is 0 Å². The minimum Gasteiger partial charge on any atom is -0.378 e. The number of aromatic nitrogens is 1. The number of anilines is 1. The van der Waals surface area contributed by atoms with Crippen molar-refractivity contribution in [3.63, 3.8) is 0 Å². The lowest BCUT2D eigenvalue weighted by molar-refractivity contribution is 0.0277. The first-order valence-corrected chi connectivity index (χ1v) is 10.7. The molecule has 2 N–H and O–H groups in total. The number of ether oxygens (including phenoxy) is 2. The second-order valence-corrected chi connectivity index (χ2v) is 7.42. The molecule has 1 aromatic rings. The molecular formula is C21H36IN5O2. The Bertz CT molecular complexity index is 604.